The molecule has 1 aromatic carbocycles. The molecule has 0 aliphatic heterocycles. The molecule has 7 nitrogen and oxygen atoms in total. The van der Waals surface area contributed by atoms with Gasteiger partial charge in [0.2, 0.25) is 0 Å². The summed E-state index contributed by atoms with van der Waals surface area (Å²) in [5, 5.41) is 4.05. The maximum absolute atomic E-state index is 11.9. The van der Waals surface area contributed by atoms with Gasteiger partial charge in [-0.25, -0.2) is 5.43 Å². The summed E-state index contributed by atoms with van der Waals surface area (Å²) < 4.78 is 5.33. The Bertz CT molecular complexity index is 729. The molecule has 7 heteroatoms. The number of carbonyl (C=O) groups excluding carboxylic acids is 2. The minimum atomic E-state index is -0.570. The summed E-state index contributed by atoms with van der Waals surface area (Å²) in [6.45, 7) is 1.49. The summed E-state index contributed by atoms with van der Waals surface area (Å²) in [6.07, 6.45) is 3.03. The van der Waals surface area contributed by atoms with Gasteiger partial charge in [-0.05, 0) is 31.2 Å². The van der Waals surface area contributed by atoms with Crippen LogP contribution >= 0.6 is 0 Å². The van der Waals surface area contributed by atoms with Crippen LogP contribution in [0.5, 0.6) is 5.75 Å². The zero-order valence-electron chi connectivity index (χ0n) is 12.5. The topological polar surface area (TPSA) is 107 Å². The lowest BCUT2D eigenvalue weighted by atomic mass is 10.1. The third-order valence-corrected chi connectivity index (χ3v) is 2.90. The summed E-state index contributed by atoms with van der Waals surface area (Å²) in [4.78, 5) is 26.6. The number of rotatable bonds is 6. The van der Waals surface area contributed by atoms with E-state index in [4.69, 9.17) is 10.5 Å². The van der Waals surface area contributed by atoms with Crippen LogP contribution in [0, 0.1) is 0 Å². The standard InChI is InChI=1S/C16H16N4O3/c1-11(19-20-16(22)12-5-4-8-18-9-12)13-6-2-3-7-14(13)23-10-15(17)21/h2-9H,10H2,1H3,(H2,17,21)(H,20,22)/b19-11-. The monoisotopic (exact) mass is 312 g/mol. The fraction of sp³-hybridized carbons (Fsp3) is 0.125. The van der Waals surface area contributed by atoms with Gasteiger partial charge in [-0.15, -0.1) is 0 Å². The van der Waals surface area contributed by atoms with Gasteiger partial charge in [0.25, 0.3) is 11.8 Å². The molecular weight excluding hydrogens is 296 g/mol. The van der Waals surface area contributed by atoms with Crippen LogP contribution in [0.15, 0.2) is 53.9 Å². The fourth-order valence-corrected chi connectivity index (χ4v) is 1.80. The minimum Gasteiger partial charge on any atom is -0.483 e. The first-order valence-electron chi connectivity index (χ1n) is 6.83. The third-order valence-electron chi connectivity index (χ3n) is 2.90. The number of ether oxygens (including phenoxy) is 1. The Hall–Kier alpha value is -3.22. The van der Waals surface area contributed by atoms with Crippen molar-refractivity contribution in [3.05, 3.63) is 59.9 Å². The highest BCUT2D eigenvalue weighted by atomic mass is 16.5. The Balaban J connectivity index is 2.12. The lowest BCUT2D eigenvalue weighted by Crippen LogP contribution is -2.21. The largest absolute Gasteiger partial charge is 0.483 e. The lowest BCUT2D eigenvalue weighted by Gasteiger charge is -2.10. The fourth-order valence-electron chi connectivity index (χ4n) is 1.80. The van der Waals surface area contributed by atoms with Gasteiger partial charge in [0.1, 0.15) is 5.75 Å². The first-order valence-corrected chi connectivity index (χ1v) is 6.83. The molecule has 3 N–H and O–H groups in total. The number of aromatic nitrogens is 1. The van der Waals surface area contributed by atoms with E-state index in [0.29, 0.717) is 22.6 Å². The Labute approximate surface area is 133 Å². The number of amides is 2. The average molecular weight is 312 g/mol. The molecule has 0 bridgehead atoms. The van der Waals surface area contributed by atoms with Gasteiger partial charge in [-0.1, -0.05) is 12.1 Å². The van der Waals surface area contributed by atoms with Crippen molar-refractivity contribution < 1.29 is 14.3 Å². The van der Waals surface area contributed by atoms with Crippen molar-refractivity contribution in [3.63, 3.8) is 0 Å². The van der Waals surface area contributed by atoms with E-state index in [1.807, 2.05) is 0 Å². The smallest absolute Gasteiger partial charge is 0.272 e. The van der Waals surface area contributed by atoms with Gasteiger partial charge in [0.05, 0.1) is 11.3 Å². The molecule has 23 heavy (non-hydrogen) atoms. The van der Waals surface area contributed by atoms with E-state index >= 15 is 0 Å². The average Bonchev–Trinajstić information content (AvgIpc) is 2.58. The summed E-state index contributed by atoms with van der Waals surface area (Å²) in [5.41, 5.74) is 9.11. The van der Waals surface area contributed by atoms with Crippen LogP contribution in [0.25, 0.3) is 0 Å². The molecule has 0 unspecified atom stereocenters. The third kappa shape index (κ3) is 4.63. The van der Waals surface area contributed by atoms with Gasteiger partial charge < -0.3 is 10.5 Å². The first-order chi connectivity index (χ1) is 11.1. The molecule has 0 saturated heterocycles. The Kier molecular flexibility index (Phi) is 5.40. The lowest BCUT2D eigenvalue weighted by molar-refractivity contribution is -0.119. The van der Waals surface area contributed by atoms with Gasteiger partial charge in [0.15, 0.2) is 6.61 Å². The normalized spacial score (nSPS) is 10.9. The van der Waals surface area contributed by atoms with Crippen molar-refractivity contribution in [2.75, 3.05) is 6.61 Å². The molecule has 2 aromatic rings. The number of hydrogen-bond acceptors (Lipinski definition) is 5. The van der Waals surface area contributed by atoms with E-state index in [1.165, 1.54) is 6.20 Å². The molecule has 0 saturated carbocycles. The van der Waals surface area contributed by atoms with Gasteiger partial charge in [-0.2, -0.15) is 5.10 Å². The van der Waals surface area contributed by atoms with Crippen molar-refractivity contribution in [1.29, 1.82) is 0 Å². The maximum Gasteiger partial charge on any atom is 0.272 e. The number of nitrogens with two attached hydrogens (primary N) is 1. The highest BCUT2D eigenvalue weighted by molar-refractivity contribution is 6.02. The highest BCUT2D eigenvalue weighted by Crippen LogP contribution is 2.18. The molecular formula is C16H16N4O3. The predicted octanol–water partition coefficient (Wildman–Crippen LogP) is 1.10. The zero-order chi connectivity index (χ0) is 16.7. The van der Waals surface area contributed by atoms with Crippen molar-refractivity contribution in [3.8, 4) is 5.75 Å². The number of nitrogens with zero attached hydrogens (tertiary/aromatic N) is 2. The summed E-state index contributed by atoms with van der Waals surface area (Å²) >= 11 is 0. The predicted molar refractivity (Wildman–Crippen MR) is 85.0 cm³/mol. The van der Waals surface area contributed by atoms with E-state index in [0.717, 1.165) is 0 Å². The molecule has 1 heterocycles. The van der Waals surface area contributed by atoms with Crippen LogP contribution in [0.1, 0.15) is 22.8 Å². The van der Waals surface area contributed by atoms with Crippen LogP contribution in [0.2, 0.25) is 0 Å². The molecule has 118 valence electrons. The molecule has 0 atom stereocenters. The molecule has 2 rings (SSSR count). The van der Waals surface area contributed by atoms with Gasteiger partial charge in [-0.3, -0.25) is 14.6 Å². The van der Waals surface area contributed by atoms with Crippen LogP contribution in [-0.4, -0.2) is 29.1 Å². The van der Waals surface area contributed by atoms with Crippen molar-refractivity contribution in [2.45, 2.75) is 6.92 Å². The van der Waals surface area contributed by atoms with Crippen molar-refractivity contribution in [2.24, 2.45) is 10.8 Å². The second kappa shape index (κ2) is 7.69. The van der Waals surface area contributed by atoms with Gasteiger partial charge >= 0.3 is 0 Å². The number of pyridine rings is 1. The Morgan fingerprint density at radius 3 is 2.74 bits per heavy atom. The number of nitrogens with one attached hydrogen (secondary N) is 1. The number of para-hydroxylation sites is 1. The van der Waals surface area contributed by atoms with E-state index in [2.05, 4.69) is 15.5 Å². The number of hydrazone groups is 1. The van der Waals surface area contributed by atoms with E-state index in [-0.39, 0.29) is 12.5 Å². The Morgan fingerprint density at radius 2 is 2.04 bits per heavy atom. The summed E-state index contributed by atoms with van der Waals surface area (Å²) in [5.74, 6) is -0.476. The van der Waals surface area contributed by atoms with Gasteiger partial charge in [0, 0.05) is 18.0 Å². The number of primary amides is 1. The van der Waals surface area contributed by atoms with Crippen LogP contribution in [-0.2, 0) is 4.79 Å². The molecule has 1 aromatic heterocycles. The molecule has 0 aliphatic rings. The molecule has 0 radical (unpaired) electrons. The number of hydrogen-bond donors (Lipinski definition) is 2. The molecule has 2 amide bonds. The van der Waals surface area contributed by atoms with E-state index in [1.54, 1.807) is 49.5 Å². The first kappa shape index (κ1) is 16.2. The SMILES string of the molecule is C/C(=N/NC(=O)c1cccnc1)c1ccccc1OCC(N)=O. The van der Waals surface area contributed by atoms with E-state index < -0.39 is 5.91 Å². The van der Waals surface area contributed by atoms with Crippen molar-refractivity contribution >= 4 is 17.5 Å². The number of carbonyl (C=O) groups is 2. The number of benzene rings is 1. The highest BCUT2D eigenvalue weighted by Gasteiger charge is 2.09. The van der Waals surface area contributed by atoms with Crippen LogP contribution in [0.4, 0.5) is 0 Å². The summed E-state index contributed by atoms with van der Waals surface area (Å²) in [7, 11) is 0. The van der Waals surface area contributed by atoms with Crippen LogP contribution < -0.4 is 15.9 Å². The Morgan fingerprint density at radius 1 is 1.26 bits per heavy atom. The second-order valence-corrected chi connectivity index (χ2v) is 4.63. The molecule has 0 fully saturated rings. The second-order valence-electron chi connectivity index (χ2n) is 4.63. The maximum atomic E-state index is 11.9. The van der Waals surface area contributed by atoms with E-state index in [9.17, 15) is 9.59 Å². The summed E-state index contributed by atoms with van der Waals surface area (Å²) in [6, 6.07) is 10.3. The molecule has 0 aliphatic carbocycles. The van der Waals surface area contributed by atoms with Crippen molar-refractivity contribution in [1.82, 2.24) is 10.4 Å². The quantitative estimate of drug-likeness (QED) is 0.615. The zero-order valence-corrected chi connectivity index (χ0v) is 12.5. The minimum absolute atomic E-state index is 0.230. The van der Waals surface area contributed by atoms with Crippen LogP contribution in [0.3, 0.4) is 0 Å². The molecule has 0 spiro atoms.